The van der Waals surface area contributed by atoms with Crippen LogP contribution in [0.1, 0.15) is 23.2 Å². The molecule has 0 atom stereocenters. The molecule has 0 aliphatic carbocycles. The molecule has 1 saturated heterocycles. The van der Waals surface area contributed by atoms with Crippen LogP contribution in [0.15, 0.2) is 42.5 Å². The van der Waals surface area contributed by atoms with E-state index in [1.807, 2.05) is 24.3 Å². The lowest BCUT2D eigenvalue weighted by Gasteiger charge is -2.31. The predicted octanol–water partition coefficient (Wildman–Crippen LogP) is 2.39. The van der Waals surface area contributed by atoms with Crippen molar-refractivity contribution in [1.29, 1.82) is 0 Å². The number of carbonyl (C=O) groups excluding carboxylic acids is 2. The minimum atomic E-state index is -0.172. The van der Waals surface area contributed by atoms with Crippen molar-refractivity contribution in [3.63, 3.8) is 0 Å². The van der Waals surface area contributed by atoms with Crippen molar-refractivity contribution in [3.8, 4) is 22.9 Å². The average molecular weight is 450 g/mol. The van der Waals surface area contributed by atoms with Crippen LogP contribution in [0.2, 0.25) is 0 Å². The Labute approximate surface area is 191 Å². The Kier molecular flexibility index (Phi) is 6.53. The molecule has 1 aliphatic heterocycles. The van der Waals surface area contributed by atoms with Crippen molar-refractivity contribution in [2.75, 3.05) is 32.6 Å². The van der Waals surface area contributed by atoms with Gasteiger partial charge in [-0.15, -0.1) is 5.10 Å². The lowest BCUT2D eigenvalue weighted by Crippen LogP contribution is -2.41. The molecule has 172 valence electrons. The molecule has 2 amide bonds. The molecule has 2 aromatic carbocycles. The lowest BCUT2D eigenvalue weighted by molar-refractivity contribution is -0.121. The number of hydrogen-bond donors (Lipinski definition) is 1. The quantitative estimate of drug-likeness (QED) is 0.614. The summed E-state index contributed by atoms with van der Waals surface area (Å²) < 4.78 is 12.1. The standard InChI is InChI=1S/C23H26N6O4/c1-28-21(25-26-27-28)16-5-4-6-18(11-16)24-22(30)15-7-9-29(10-8-15)23(31)17-12-19(32-2)14-20(13-17)33-3/h4-6,11-15H,7-10H2,1-3H3,(H,24,30). The fourth-order valence-corrected chi connectivity index (χ4v) is 3.91. The Hall–Kier alpha value is -3.95. The van der Waals surface area contributed by atoms with Gasteiger partial charge in [0.15, 0.2) is 5.82 Å². The number of methoxy groups -OCH3 is 2. The topological polar surface area (TPSA) is 111 Å². The average Bonchev–Trinajstić information content (AvgIpc) is 3.29. The first-order chi connectivity index (χ1) is 16.0. The number of likely N-dealkylation sites (tertiary alicyclic amines) is 1. The number of nitrogens with zero attached hydrogens (tertiary/aromatic N) is 5. The van der Waals surface area contributed by atoms with E-state index in [-0.39, 0.29) is 17.7 Å². The number of tetrazole rings is 1. The second-order valence-electron chi connectivity index (χ2n) is 7.86. The summed E-state index contributed by atoms with van der Waals surface area (Å²) in [4.78, 5) is 27.6. The highest BCUT2D eigenvalue weighted by molar-refractivity contribution is 5.96. The van der Waals surface area contributed by atoms with Gasteiger partial charge in [-0.05, 0) is 47.5 Å². The fraction of sp³-hybridized carbons (Fsp3) is 0.348. The van der Waals surface area contributed by atoms with Gasteiger partial charge in [-0.1, -0.05) is 12.1 Å². The second-order valence-corrected chi connectivity index (χ2v) is 7.86. The molecule has 3 aromatic rings. The number of hydrogen-bond acceptors (Lipinski definition) is 7. The Bertz CT molecular complexity index is 1130. The molecule has 4 rings (SSSR count). The third kappa shape index (κ3) is 4.94. The summed E-state index contributed by atoms with van der Waals surface area (Å²) in [6, 6.07) is 12.5. The molecule has 0 radical (unpaired) electrons. The molecule has 1 fully saturated rings. The van der Waals surface area contributed by atoms with E-state index in [4.69, 9.17) is 9.47 Å². The number of aromatic nitrogens is 4. The molecule has 33 heavy (non-hydrogen) atoms. The number of anilines is 1. The lowest BCUT2D eigenvalue weighted by atomic mass is 9.95. The number of piperidine rings is 1. The van der Waals surface area contributed by atoms with Crippen LogP contribution >= 0.6 is 0 Å². The van der Waals surface area contributed by atoms with E-state index in [0.717, 1.165) is 5.56 Å². The van der Waals surface area contributed by atoms with Crippen LogP contribution < -0.4 is 14.8 Å². The molecular formula is C23H26N6O4. The molecule has 10 nitrogen and oxygen atoms in total. The summed E-state index contributed by atoms with van der Waals surface area (Å²) in [5, 5.41) is 14.5. The third-order valence-electron chi connectivity index (χ3n) is 5.76. The number of nitrogens with one attached hydrogen (secondary N) is 1. The summed E-state index contributed by atoms with van der Waals surface area (Å²) in [6.07, 6.45) is 1.18. The van der Waals surface area contributed by atoms with Gasteiger partial charge in [0.2, 0.25) is 5.91 Å². The maximum absolute atomic E-state index is 13.0. The highest BCUT2D eigenvalue weighted by Gasteiger charge is 2.28. The molecule has 0 spiro atoms. The third-order valence-corrected chi connectivity index (χ3v) is 5.76. The van der Waals surface area contributed by atoms with Crippen LogP contribution in [0.4, 0.5) is 5.69 Å². The van der Waals surface area contributed by atoms with E-state index in [9.17, 15) is 9.59 Å². The highest BCUT2D eigenvalue weighted by Crippen LogP contribution is 2.26. The first kappa shape index (κ1) is 22.3. The number of amides is 2. The van der Waals surface area contributed by atoms with Crippen LogP contribution in [0.5, 0.6) is 11.5 Å². The van der Waals surface area contributed by atoms with Crippen molar-refractivity contribution in [2.24, 2.45) is 13.0 Å². The maximum atomic E-state index is 13.0. The smallest absolute Gasteiger partial charge is 0.254 e. The zero-order valence-electron chi connectivity index (χ0n) is 18.8. The summed E-state index contributed by atoms with van der Waals surface area (Å²) in [7, 11) is 4.86. The van der Waals surface area contributed by atoms with Crippen molar-refractivity contribution in [2.45, 2.75) is 12.8 Å². The summed E-state index contributed by atoms with van der Waals surface area (Å²) >= 11 is 0. The first-order valence-corrected chi connectivity index (χ1v) is 10.6. The normalized spacial score (nSPS) is 14.1. The predicted molar refractivity (Wildman–Crippen MR) is 121 cm³/mol. The minimum Gasteiger partial charge on any atom is -0.497 e. The van der Waals surface area contributed by atoms with Crippen LogP contribution in [-0.2, 0) is 11.8 Å². The van der Waals surface area contributed by atoms with E-state index in [2.05, 4.69) is 20.8 Å². The molecule has 10 heteroatoms. The molecule has 1 N–H and O–H groups in total. The fourth-order valence-electron chi connectivity index (χ4n) is 3.91. The molecule has 0 saturated carbocycles. The van der Waals surface area contributed by atoms with Gasteiger partial charge in [-0.3, -0.25) is 9.59 Å². The number of benzene rings is 2. The number of carbonyl (C=O) groups is 2. The van der Waals surface area contributed by atoms with E-state index < -0.39 is 0 Å². The van der Waals surface area contributed by atoms with Gasteiger partial charge in [0.1, 0.15) is 11.5 Å². The summed E-state index contributed by atoms with van der Waals surface area (Å²) in [6.45, 7) is 1.00. The van der Waals surface area contributed by atoms with Crippen molar-refractivity contribution in [3.05, 3.63) is 48.0 Å². The first-order valence-electron chi connectivity index (χ1n) is 10.6. The number of ether oxygens (including phenoxy) is 2. The Morgan fingerprint density at radius 2 is 1.73 bits per heavy atom. The SMILES string of the molecule is COc1cc(OC)cc(C(=O)N2CCC(C(=O)Nc3cccc(-c4nnnn4C)c3)CC2)c1. The van der Waals surface area contributed by atoms with Gasteiger partial charge in [0.05, 0.1) is 14.2 Å². The van der Waals surface area contributed by atoms with E-state index in [1.165, 1.54) is 0 Å². The van der Waals surface area contributed by atoms with E-state index in [0.29, 0.717) is 54.5 Å². The monoisotopic (exact) mass is 450 g/mol. The van der Waals surface area contributed by atoms with Gasteiger partial charge in [0.25, 0.3) is 5.91 Å². The van der Waals surface area contributed by atoms with Crippen LogP contribution in [0.3, 0.4) is 0 Å². The zero-order valence-corrected chi connectivity index (χ0v) is 18.8. The van der Waals surface area contributed by atoms with Crippen molar-refractivity contribution < 1.29 is 19.1 Å². The van der Waals surface area contributed by atoms with Gasteiger partial charge < -0.3 is 19.7 Å². The van der Waals surface area contributed by atoms with Crippen molar-refractivity contribution in [1.82, 2.24) is 25.1 Å². The Balaban J connectivity index is 1.37. The van der Waals surface area contributed by atoms with Gasteiger partial charge in [0, 0.05) is 48.9 Å². The zero-order chi connectivity index (χ0) is 23.4. The van der Waals surface area contributed by atoms with Crippen LogP contribution in [0, 0.1) is 5.92 Å². The molecule has 1 aromatic heterocycles. The molecule has 0 bridgehead atoms. The summed E-state index contributed by atoms with van der Waals surface area (Å²) in [5.41, 5.74) is 2.00. The largest absolute Gasteiger partial charge is 0.497 e. The highest BCUT2D eigenvalue weighted by atomic mass is 16.5. The van der Waals surface area contributed by atoms with Crippen LogP contribution in [0.25, 0.3) is 11.4 Å². The summed E-state index contributed by atoms with van der Waals surface area (Å²) in [5.74, 6) is 1.41. The maximum Gasteiger partial charge on any atom is 0.254 e. The second kappa shape index (κ2) is 9.68. The van der Waals surface area contributed by atoms with E-state index >= 15 is 0 Å². The molecule has 1 aliphatic rings. The number of rotatable bonds is 6. The van der Waals surface area contributed by atoms with Crippen molar-refractivity contribution >= 4 is 17.5 Å². The van der Waals surface area contributed by atoms with E-state index in [1.54, 1.807) is 49.0 Å². The van der Waals surface area contributed by atoms with Gasteiger partial charge >= 0.3 is 0 Å². The Morgan fingerprint density at radius 1 is 1.03 bits per heavy atom. The van der Waals surface area contributed by atoms with Gasteiger partial charge in [-0.2, -0.15) is 0 Å². The van der Waals surface area contributed by atoms with Gasteiger partial charge in [-0.25, -0.2) is 4.68 Å². The molecule has 2 heterocycles. The number of aryl methyl sites for hydroxylation is 1. The molecule has 0 unspecified atom stereocenters. The molecular weight excluding hydrogens is 424 g/mol. The minimum absolute atomic E-state index is 0.0570. The van der Waals surface area contributed by atoms with Crippen LogP contribution in [-0.4, -0.2) is 64.2 Å². The Morgan fingerprint density at radius 3 is 2.33 bits per heavy atom.